The molecule has 0 amide bonds. The Morgan fingerprint density at radius 3 is 2.43 bits per heavy atom. The number of benzene rings is 2. The highest BCUT2D eigenvalue weighted by Crippen LogP contribution is 2.40. The van der Waals surface area contributed by atoms with Crippen molar-refractivity contribution in [2.24, 2.45) is 0 Å². The van der Waals surface area contributed by atoms with Crippen LogP contribution in [0.1, 0.15) is 16.3 Å². The summed E-state index contributed by atoms with van der Waals surface area (Å²) in [5.74, 6) is -0.0755. The number of nitrogens with zero attached hydrogens (tertiary/aromatic N) is 3. The molecule has 0 spiro atoms. The number of rotatable bonds is 5. The van der Waals surface area contributed by atoms with E-state index in [0.717, 1.165) is 44.7 Å². The van der Waals surface area contributed by atoms with E-state index < -0.39 is 5.97 Å². The number of hydrogen-bond acceptors (Lipinski definition) is 4. The summed E-state index contributed by atoms with van der Waals surface area (Å²) < 4.78 is 2.01. The first-order valence-corrected chi connectivity index (χ1v) is 10.1. The van der Waals surface area contributed by atoms with Gasteiger partial charge in [-0.05, 0) is 53.8 Å². The molecule has 0 fully saturated rings. The second kappa shape index (κ2) is 8.19. The third-order valence-corrected chi connectivity index (χ3v) is 5.73. The number of aliphatic carboxylic acids is 1. The fourth-order valence-electron chi connectivity index (χ4n) is 3.32. The summed E-state index contributed by atoms with van der Waals surface area (Å²) in [6.07, 6.45) is 6.46. The standard InChI is InChI=1S/C24H17N3O2S/c1-16-26-12-13-27(16)20-8-6-18(7-9-20)21-15-30-22(10-11-23(28)29)24(21)19-4-2-17(14-25)3-5-19/h2-13,15H,1H3,(H,28,29). The number of nitriles is 1. The van der Waals surface area contributed by atoms with Crippen molar-refractivity contribution in [3.8, 4) is 34.0 Å². The van der Waals surface area contributed by atoms with E-state index in [0.29, 0.717) is 5.56 Å². The molecule has 0 saturated heterocycles. The lowest BCUT2D eigenvalue weighted by atomic mass is 9.96. The number of carboxylic acids is 1. The highest BCUT2D eigenvalue weighted by Gasteiger charge is 2.15. The van der Waals surface area contributed by atoms with Crippen molar-refractivity contribution in [3.05, 3.63) is 88.6 Å². The lowest BCUT2D eigenvalue weighted by molar-refractivity contribution is -0.131. The minimum absolute atomic E-state index is 0.582. The van der Waals surface area contributed by atoms with E-state index in [-0.39, 0.29) is 0 Å². The molecule has 2 heterocycles. The van der Waals surface area contributed by atoms with Crippen LogP contribution in [0.15, 0.2) is 72.4 Å². The SMILES string of the molecule is Cc1nccn1-c1ccc(-c2csc(C=CC(=O)O)c2-c2ccc(C#N)cc2)cc1. The summed E-state index contributed by atoms with van der Waals surface area (Å²) in [5, 5.41) is 20.2. The number of carbonyl (C=O) groups is 1. The predicted octanol–water partition coefficient (Wildman–Crippen LogP) is 5.55. The molecule has 30 heavy (non-hydrogen) atoms. The molecule has 0 radical (unpaired) electrons. The van der Waals surface area contributed by atoms with Crippen LogP contribution in [0.3, 0.4) is 0 Å². The average molecular weight is 411 g/mol. The first-order chi connectivity index (χ1) is 14.6. The summed E-state index contributed by atoms with van der Waals surface area (Å²) in [6.45, 7) is 1.96. The minimum atomic E-state index is -0.990. The van der Waals surface area contributed by atoms with Gasteiger partial charge in [0, 0.05) is 40.2 Å². The Labute approximate surface area is 177 Å². The Kier molecular flexibility index (Phi) is 5.29. The zero-order valence-corrected chi connectivity index (χ0v) is 16.9. The van der Waals surface area contributed by atoms with Crippen molar-refractivity contribution in [2.75, 3.05) is 0 Å². The quantitative estimate of drug-likeness (QED) is 0.437. The fraction of sp³-hybridized carbons (Fsp3) is 0.0417. The van der Waals surface area contributed by atoms with Gasteiger partial charge in [0.1, 0.15) is 5.82 Å². The van der Waals surface area contributed by atoms with Gasteiger partial charge in [0.05, 0.1) is 11.6 Å². The Bertz CT molecular complexity index is 1270. The molecular formula is C24H17N3O2S. The van der Waals surface area contributed by atoms with Crippen LogP contribution in [-0.2, 0) is 4.79 Å². The van der Waals surface area contributed by atoms with Gasteiger partial charge in [0.25, 0.3) is 0 Å². The topological polar surface area (TPSA) is 78.9 Å². The van der Waals surface area contributed by atoms with E-state index in [1.807, 2.05) is 47.3 Å². The molecule has 0 aliphatic rings. The zero-order chi connectivity index (χ0) is 21.1. The average Bonchev–Trinajstić information content (AvgIpc) is 3.38. The van der Waals surface area contributed by atoms with Crippen LogP contribution in [0.4, 0.5) is 0 Å². The number of carboxylic acid groups (broad SMARTS) is 1. The lowest BCUT2D eigenvalue weighted by Crippen LogP contribution is -1.95. The zero-order valence-electron chi connectivity index (χ0n) is 16.1. The number of aryl methyl sites for hydroxylation is 1. The van der Waals surface area contributed by atoms with E-state index in [2.05, 4.69) is 23.2 Å². The maximum Gasteiger partial charge on any atom is 0.328 e. The van der Waals surface area contributed by atoms with Crippen LogP contribution in [0.2, 0.25) is 0 Å². The van der Waals surface area contributed by atoms with Crippen molar-refractivity contribution < 1.29 is 9.90 Å². The Hall–Kier alpha value is -3.95. The van der Waals surface area contributed by atoms with E-state index in [4.69, 9.17) is 10.4 Å². The maximum atomic E-state index is 11.0. The monoisotopic (exact) mass is 411 g/mol. The van der Waals surface area contributed by atoms with Crippen LogP contribution in [0.25, 0.3) is 34.0 Å². The van der Waals surface area contributed by atoms with Gasteiger partial charge in [-0.3, -0.25) is 0 Å². The minimum Gasteiger partial charge on any atom is -0.478 e. The Morgan fingerprint density at radius 2 is 1.83 bits per heavy atom. The molecule has 0 unspecified atom stereocenters. The molecule has 4 rings (SSSR count). The van der Waals surface area contributed by atoms with Crippen molar-refractivity contribution in [1.82, 2.24) is 9.55 Å². The summed E-state index contributed by atoms with van der Waals surface area (Å²) in [4.78, 5) is 16.2. The molecule has 6 heteroatoms. The number of aromatic nitrogens is 2. The molecular weight excluding hydrogens is 394 g/mol. The molecule has 4 aromatic rings. The normalized spacial score (nSPS) is 10.9. The van der Waals surface area contributed by atoms with E-state index in [9.17, 15) is 4.79 Å². The second-order valence-electron chi connectivity index (χ2n) is 6.64. The van der Waals surface area contributed by atoms with Gasteiger partial charge in [0.15, 0.2) is 0 Å². The third kappa shape index (κ3) is 3.79. The van der Waals surface area contributed by atoms with Crippen LogP contribution in [-0.4, -0.2) is 20.6 Å². The lowest BCUT2D eigenvalue weighted by Gasteiger charge is -2.09. The van der Waals surface area contributed by atoms with Crippen LogP contribution >= 0.6 is 11.3 Å². The largest absolute Gasteiger partial charge is 0.478 e. The summed E-state index contributed by atoms with van der Waals surface area (Å²) >= 11 is 1.49. The molecule has 2 aromatic heterocycles. The molecule has 0 aliphatic heterocycles. The molecule has 0 atom stereocenters. The Balaban J connectivity index is 1.80. The second-order valence-corrected chi connectivity index (χ2v) is 7.55. The highest BCUT2D eigenvalue weighted by atomic mass is 32.1. The molecule has 0 bridgehead atoms. The van der Waals surface area contributed by atoms with Crippen molar-refractivity contribution in [3.63, 3.8) is 0 Å². The van der Waals surface area contributed by atoms with Crippen molar-refractivity contribution >= 4 is 23.4 Å². The smallest absolute Gasteiger partial charge is 0.328 e. The third-order valence-electron chi connectivity index (χ3n) is 4.78. The van der Waals surface area contributed by atoms with Gasteiger partial charge in [-0.1, -0.05) is 24.3 Å². The summed E-state index contributed by atoms with van der Waals surface area (Å²) in [6, 6.07) is 17.6. The van der Waals surface area contributed by atoms with Crippen molar-refractivity contribution in [2.45, 2.75) is 6.92 Å². The predicted molar refractivity (Wildman–Crippen MR) is 118 cm³/mol. The molecule has 0 aliphatic carbocycles. The highest BCUT2D eigenvalue weighted by molar-refractivity contribution is 7.12. The van der Waals surface area contributed by atoms with Gasteiger partial charge in [-0.2, -0.15) is 5.26 Å². The number of hydrogen-bond donors (Lipinski definition) is 1. The fourth-order valence-corrected chi connectivity index (χ4v) is 4.31. The van der Waals surface area contributed by atoms with Crippen LogP contribution in [0.5, 0.6) is 0 Å². The van der Waals surface area contributed by atoms with Crippen LogP contribution < -0.4 is 0 Å². The van der Waals surface area contributed by atoms with E-state index in [1.165, 1.54) is 11.3 Å². The maximum absolute atomic E-state index is 11.0. The molecule has 2 aromatic carbocycles. The summed E-state index contributed by atoms with van der Waals surface area (Å²) in [7, 11) is 0. The summed E-state index contributed by atoms with van der Waals surface area (Å²) in [5.41, 5.74) is 5.54. The van der Waals surface area contributed by atoms with Gasteiger partial charge in [-0.15, -0.1) is 11.3 Å². The molecule has 0 saturated carbocycles. The number of imidazole rings is 1. The number of thiophene rings is 1. The van der Waals surface area contributed by atoms with Gasteiger partial charge in [-0.25, -0.2) is 9.78 Å². The van der Waals surface area contributed by atoms with E-state index in [1.54, 1.807) is 24.4 Å². The molecule has 1 N–H and O–H groups in total. The van der Waals surface area contributed by atoms with Crippen molar-refractivity contribution in [1.29, 1.82) is 5.26 Å². The molecule has 5 nitrogen and oxygen atoms in total. The first kappa shape index (κ1) is 19.4. The van der Waals surface area contributed by atoms with Gasteiger partial charge < -0.3 is 9.67 Å². The van der Waals surface area contributed by atoms with E-state index >= 15 is 0 Å². The van der Waals surface area contributed by atoms with Gasteiger partial charge >= 0.3 is 5.97 Å². The Morgan fingerprint density at radius 1 is 1.13 bits per heavy atom. The first-order valence-electron chi connectivity index (χ1n) is 9.20. The van der Waals surface area contributed by atoms with Gasteiger partial charge in [0.2, 0.25) is 0 Å². The molecule has 146 valence electrons. The van der Waals surface area contributed by atoms with Crippen LogP contribution in [0, 0.1) is 18.3 Å².